The van der Waals surface area contributed by atoms with Crippen molar-refractivity contribution in [3.8, 4) is 16.2 Å². The highest BCUT2D eigenvalue weighted by Gasteiger charge is 2.21. The number of carbonyl (C=O) groups is 2. The van der Waals surface area contributed by atoms with Gasteiger partial charge in [0.1, 0.15) is 17.1 Å². The van der Waals surface area contributed by atoms with Crippen molar-refractivity contribution < 1.29 is 24.2 Å². The molecule has 1 aromatic heterocycles. The molecule has 0 aliphatic carbocycles. The van der Waals surface area contributed by atoms with Crippen molar-refractivity contribution in [1.82, 2.24) is 0 Å². The van der Waals surface area contributed by atoms with Gasteiger partial charge in [-0.15, -0.1) is 11.3 Å². The summed E-state index contributed by atoms with van der Waals surface area (Å²) in [5, 5.41) is 23.3. The normalized spacial score (nSPS) is 9.85. The molecule has 1 heterocycles. The molecule has 166 valence electrons. The standard InChI is InChI=1S/C20H15NO4S.C6H5F/c22-15-9-7-14(8-10-15)19-18(20(24)25)16(12-26-19)21-17(23)11-6-13-4-2-1-3-5-13;7-6-4-2-1-3-5-6/h2,4-5,7-10,12,22H,6,11H2,(H,21,23)(H,24,25);1-5H. The van der Waals surface area contributed by atoms with E-state index in [4.69, 9.17) is 0 Å². The molecule has 4 rings (SSSR count). The molecule has 0 aliphatic heterocycles. The number of nitrogens with one attached hydrogen (secondary N) is 1. The fraction of sp³-hybridized carbons (Fsp3) is 0.0769. The maximum atomic E-state index is 12.2. The zero-order valence-corrected chi connectivity index (χ0v) is 18.2. The molecule has 0 spiro atoms. The number of amides is 1. The highest BCUT2D eigenvalue weighted by molar-refractivity contribution is 7.14. The average molecular weight is 462 g/mol. The number of aryl methyl sites for hydroxylation is 1. The zero-order valence-electron chi connectivity index (χ0n) is 17.4. The minimum Gasteiger partial charge on any atom is -0.508 e. The van der Waals surface area contributed by atoms with Crippen LogP contribution in [-0.2, 0) is 11.2 Å². The predicted octanol–water partition coefficient (Wildman–Crippen LogP) is 5.82. The van der Waals surface area contributed by atoms with Crippen molar-refractivity contribution >= 4 is 28.9 Å². The topological polar surface area (TPSA) is 86.6 Å². The van der Waals surface area contributed by atoms with Gasteiger partial charge in [0, 0.05) is 11.8 Å². The van der Waals surface area contributed by atoms with Crippen LogP contribution >= 0.6 is 11.3 Å². The van der Waals surface area contributed by atoms with Crippen molar-refractivity contribution in [3.63, 3.8) is 0 Å². The molecule has 3 aromatic carbocycles. The van der Waals surface area contributed by atoms with E-state index in [-0.39, 0.29) is 35.1 Å². The number of rotatable bonds is 6. The van der Waals surface area contributed by atoms with Crippen molar-refractivity contribution in [2.75, 3.05) is 5.32 Å². The first-order chi connectivity index (χ1) is 15.9. The second-order valence-electron chi connectivity index (χ2n) is 6.89. The van der Waals surface area contributed by atoms with E-state index in [2.05, 4.69) is 17.4 Å². The molecular weight excluding hydrogens is 441 g/mol. The van der Waals surface area contributed by atoms with E-state index < -0.39 is 5.97 Å². The Morgan fingerprint density at radius 1 is 1.00 bits per heavy atom. The Labute approximate surface area is 194 Å². The van der Waals surface area contributed by atoms with Crippen molar-refractivity contribution in [3.05, 3.63) is 107 Å². The molecule has 0 saturated heterocycles. The molecule has 0 atom stereocenters. The average Bonchev–Trinajstić information content (AvgIpc) is 3.23. The Morgan fingerprint density at radius 3 is 2.30 bits per heavy atom. The number of carboxylic acids is 1. The third-order valence-electron chi connectivity index (χ3n) is 4.50. The smallest absolute Gasteiger partial charge is 0.339 e. The maximum Gasteiger partial charge on any atom is 0.339 e. The summed E-state index contributed by atoms with van der Waals surface area (Å²) in [6.45, 7) is 0. The van der Waals surface area contributed by atoms with Crippen LogP contribution in [0.1, 0.15) is 22.3 Å². The largest absolute Gasteiger partial charge is 0.508 e. The van der Waals surface area contributed by atoms with Crippen LogP contribution in [0.5, 0.6) is 5.75 Å². The number of hydrogen-bond acceptors (Lipinski definition) is 4. The summed E-state index contributed by atoms with van der Waals surface area (Å²) < 4.78 is 11.9. The van der Waals surface area contributed by atoms with Crippen LogP contribution < -0.4 is 5.32 Å². The maximum absolute atomic E-state index is 12.2. The van der Waals surface area contributed by atoms with E-state index >= 15 is 0 Å². The summed E-state index contributed by atoms with van der Waals surface area (Å²) in [7, 11) is 0. The van der Waals surface area contributed by atoms with Gasteiger partial charge in [-0.25, -0.2) is 9.18 Å². The van der Waals surface area contributed by atoms with Gasteiger partial charge in [0.2, 0.25) is 5.91 Å². The number of anilines is 1. The number of phenols is 1. The lowest BCUT2D eigenvalue weighted by molar-refractivity contribution is -0.116. The van der Waals surface area contributed by atoms with Gasteiger partial charge in [-0.3, -0.25) is 4.79 Å². The van der Waals surface area contributed by atoms with Crippen LogP contribution in [-0.4, -0.2) is 22.1 Å². The number of halogens is 1. The van der Waals surface area contributed by atoms with E-state index in [1.807, 2.05) is 6.07 Å². The summed E-state index contributed by atoms with van der Waals surface area (Å²) in [5.74, 6) is -1.44. The Kier molecular flexibility index (Phi) is 8.17. The van der Waals surface area contributed by atoms with Crippen molar-refractivity contribution in [1.29, 1.82) is 0 Å². The summed E-state index contributed by atoms with van der Waals surface area (Å²) in [4.78, 5) is 24.4. The Hall–Kier alpha value is -4.15. The van der Waals surface area contributed by atoms with Crippen molar-refractivity contribution in [2.45, 2.75) is 12.8 Å². The van der Waals surface area contributed by atoms with Gasteiger partial charge in [-0.05, 0) is 72.1 Å². The van der Waals surface area contributed by atoms with Crippen LogP contribution in [0.3, 0.4) is 0 Å². The summed E-state index contributed by atoms with van der Waals surface area (Å²) >= 11 is 1.23. The zero-order chi connectivity index (χ0) is 23.6. The highest BCUT2D eigenvalue weighted by Crippen LogP contribution is 2.36. The van der Waals surface area contributed by atoms with E-state index in [0.717, 1.165) is 5.56 Å². The lowest BCUT2D eigenvalue weighted by Gasteiger charge is -2.06. The first kappa shape index (κ1) is 23.5. The fourth-order valence-electron chi connectivity index (χ4n) is 2.91. The lowest BCUT2D eigenvalue weighted by Crippen LogP contribution is -2.14. The van der Waals surface area contributed by atoms with Gasteiger partial charge in [0.05, 0.1) is 10.6 Å². The number of aromatic carboxylic acids is 1. The first-order valence-electron chi connectivity index (χ1n) is 9.95. The second-order valence-corrected chi connectivity index (χ2v) is 7.77. The van der Waals surface area contributed by atoms with Gasteiger partial charge in [0.25, 0.3) is 0 Å². The Bertz CT molecular complexity index is 1190. The number of aromatic hydroxyl groups is 1. The van der Waals surface area contributed by atoms with E-state index in [0.29, 0.717) is 16.9 Å². The molecule has 7 heteroatoms. The predicted molar refractivity (Wildman–Crippen MR) is 126 cm³/mol. The van der Waals surface area contributed by atoms with Gasteiger partial charge < -0.3 is 15.5 Å². The molecule has 5 nitrogen and oxygen atoms in total. The molecule has 4 aromatic rings. The molecule has 1 amide bonds. The van der Waals surface area contributed by atoms with Crippen LogP contribution in [0, 0.1) is 17.9 Å². The molecule has 0 unspecified atom stereocenters. The van der Waals surface area contributed by atoms with Crippen LogP contribution in [0.25, 0.3) is 10.4 Å². The minimum atomic E-state index is -1.11. The number of phenolic OH excluding ortho intramolecular Hbond substituents is 1. The summed E-state index contributed by atoms with van der Waals surface area (Å²) in [6.07, 6.45) is 0.773. The van der Waals surface area contributed by atoms with Gasteiger partial charge >= 0.3 is 5.97 Å². The number of carbonyl (C=O) groups excluding carboxylic acids is 1. The Morgan fingerprint density at radius 2 is 1.73 bits per heavy atom. The third kappa shape index (κ3) is 6.92. The lowest BCUT2D eigenvalue weighted by atomic mass is 10.1. The van der Waals surface area contributed by atoms with Gasteiger partial charge in [-0.2, -0.15) is 0 Å². The van der Waals surface area contributed by atoms with E-state index in [1.54, 1.807) is 47.8 Å². The van der Waals surface area contributed by atoms with Crippen molar-refractivity contribution in [2.24, 2.45) is 0 Å². The molecular formula is C26H20FNO4S. The third-order valence-corrected chi connectivity index (χ3v) is 5.53. The Balaban J connectivity index is 0.000000374. The molecule has 3 N–H and O–H groups in total. The molecule has 0 fully saturated rings. The van der Waals surface area contributed by atoms with E-state index in [9.17, 15) is 24.2 Å². The number of benzene rings is 2. The minimum absolute atomic E-state index is 0.0525. The van der Waals surface area contributed by atoms with Gasteiger partial charge in [0.15, 0.2) is 0 Å². The molecule has 0 bridgehead atoms. The molecule has 0 saturated carbocycles. The highest BCUT2D eigenvalue weighted by atomic mass is 32.1. The number of carboxylic acid groups (broad SMARTS) is 1. The molecule has 0 aliphatic rings. The van der Waals surface area contributed by atoms with Crippen LogP contribution in [0.4, 0.5) is 10.1 Å². The van der Waals surface area contributed by atoms with Crippen LogP contribution in [0.2, 0.25) is 0 Å². The first-order valence-corrected chi connectivity index (χ1v) is 10.8. The number of thiophene rings is 1. The molecule has 33 heavy (non-hydrogen) atoms. The second kappa shape index (κ2) is 11.5. The summed E-state index contributed by atoms with van der Waals surface area (Å²) in [5.41, 5.74) is 1.97. The SMILES string of the molecule is Fc1ccccc1.O=C(CCc1cc#ccc1)Nc1csc(-c2ccc(O)cc2)c1C(=O)O. The van der Waals surface area contributed by atoms with Gasteiger partial charge in [-0.1, -0.05) is 30.3 Å². The monoisotopic (exact) mass is 461 g/mol. The summed E-state index contributed by atoms with van der Waals surface area (Å²) in [6, 6.07) is 25.2. The number of hydrogen-bond donors (Lipinski definition) is 3. The van der Waals surface area contributed by atoms with E-state index in [1.165, 1.54) is 35.6 Å². The van der Waals surface area contributed by atoms with Crippen LogP contribution in [0.15, 0.2) is 78.2 Å². The quantitative estimate of drug-likeness (QED) is 0.338. The fourth-order valence-corrected chi connectivity index (χ4v) is 3.91. The molecule has 0 radical (unpaired) electrons.